The van der Waals surface area contributed by atoms with Gasteiger partial charge in [-0.2, -0.15) is 5.06 Å². The summed E-state index contributed by atoms with van der Waals surface area (Å²) in [6.07, 6.45) is 7.47. The Balaban J connectivity index is 1.54. The molecule has 5 nitrogen and oxygen atoms in total. The first-order chi connectivity index (χ1) is 14.7. The van der Waals surface area contributed by atoms with E-state index in [-0.39, 0.29) is 29.4 Å². The highest BCUT2D eigenvalue weighted by Crippen LogP contribution is 2.41. The van der Waals surface area contributed by atoms with Gasteiger partial charge in [0.2, 0.25) is 0 Å². The Kier molecular flexibility index (Phi) is 8.42. The maximum absolute atomic E-state index is 6.58. The van der Waals surface area contributed by atoms with Crippen molar-refractivity contribution in [3.05, 3.63) is 29.8 Å². The van der Waals surface area contributed by atoms with Gasteiger partial charge in [-0.05, 0) is 71.6 Å². The molecule has 2 aliphatic rings. The molecule has 2 heterocycles. The zero-order valence-electron chi connectivity index (χ0n) is 20.5. The molecule has 5 heteroatoms. The molecule has 2 saturated heterocycles. The molecule has 2 fully saturated rings. The van der Waals surface area contributed by atoms with E-state index in [1.807, 2.05) is 12.1 Å². The van der Waals surface area contributed by atoms with E-state index in [4.69, 9.17) is 19.0 Å². The summed E-state index contributed by atoms with van der Waals surface area (Å²) in [7, 11) is 0. The Hall–Kier alpha value is -1.14. The Bertz CT molecular complexity index is 650. The van der Waals surface area contributed by atoms with Crippen LogP contribution in [0.15, 0.2) is 24.3 Å². The average Bonchev–Trinajstić information content (AvgIpc) is 3.53. The number of piperidine rings is 1. The standard InChI is InChI=1S/C26H43NO4/c1-7-8-9-10-15-28-23-16-25(3,4)27(26(5,6)17-23)31-20(2)21-11-13-22(14-12-21)29-18-24-19-30-24/h11-14,20,23-24H,7-10,15-19H2,1-6H3. The smallest absolute Gasteiger partial charge is 0.119 e. The zero-order chi connectivity index (χ0) is 22.5. The lowest BCUT2D eigenvalue weighted by Crippen LogP contribution is -2.62. The van der Waals surface area contributed by atoms with Gasteiger partial charge in [0.05, 0.1) is 12.7 Å². The van der Waals surface area contributed by atoms with Crippen molar-refractivity contribution in [1.82, 2.24) is 5.06 Å². The molecule has 2 atom stereocenters. The number of nitrogens with zero attached hydrogens (tertiary/aromatic N) is 1. The summed E-state index contributed by atoms with van der Waals surface area (Å²) in [5.74, 6) is 0.879. The molecule has 0 spiro atoms. The summed E-state index contributed by atoms with van der Waals surface area (Å²) >= 11 is 0. The van der Waals surface area contributed by atoms with Crippen LogP contribution in [-0.2, 0) is 14.3 Å². The molecule has 0 aromatic heterocycles. The van der Waals surface area contributed by atoms with Gasteiger partial charge in [-0.3, -0.25) is 4.84 Å². The summed E-state index contributed by atoms with van der Waals surface area (Å²) in [6, 6.07) is 8.23. The van der Waals surface area contributed by atoms with Crippen molar-refractivity contribution in [2.45, 2.75) is 109 Å². The highest BCUT2D eigenvalue weighted by molar-refractivity contribution is 5.28. The van der Waals surface area contributed by atoms with Crippen LogP contribution in [0.25, 0.3) is 0 Å². The van der Waals surface area contributed by atoms with Gasteiger partial charge in [0.25, 0.3) is 0 Å². The molecular weight excluding hydrogens is 390 g/mol. The van der Waals surface area contributed by atoms with Gasteiger partial charge in [0.1, 0.15) is 24.6 Å². The number of ether oxygens (including phenoxy) is 3. The Morgan fingerprint density at radius 1 is 1.03 bits per heavy atom. The normalized spacial score (nSPS) is 24.1. The van der Waals surface area contributed by atoms with Crippen LogP contribution in [-0.4, -0.2) is 48.2 Å². The van der Waals surface area contributed by atoms with Crippen molar-refractivity contribution < 1.29 is 19.0 Å². The second kappa shape index (κ2) is 10.7. The number of benzene rings is 1. The van der Waals surface area contributed by atoms with E-state index in [1.165, 1.54) is 19.3 Å². The van der Waals surface area contributed by atoms with Crippen molar-refractivity contribution in [2.24, 2.45) is 0 Å². The molecule has 0 N–H and O–H groups in total. The fourth-order valence-electron chi connectivity index (χ4n) is 4.76. The highest BCUT2D eigenvalue weighted by atomic mass is 16.7. The topological polar surface area (TPSA) is 43.5 Å². The predicted octanol–water partition coefficient (Wildman–Crippen LogP) is 6.08. The minimum atomic E-state index is -0.0998. The molecule has 31 heavy (non-hydrogen) atoms. The number of hydrogen-bond donors (Lipinski definition) is 0. The predicted molar refractivity (Wildman–Crippen MR) is 124 cm³/mol. The fraction of sp³-hybridized carbons (Fsp3) is 0.769. The molecule has 0 bridgehead atoms. The SMILES string of the molecule is CCCCCCOC1CC(C)(C)N(OC(C)c2ccc(OCC3CO3)cc2)C(C)(C)C1. The van der Waals surface area contributed by atoms with Crippen LogP contribution in [0.3, 0.4) is 0 Å². The third-order valence-corrected chi connectivity index (χ3v) is 6.36. The van der Waals surface area contributed by atoms with Gasteiger partial charge in [-0.25, -0.2) is 0 Å². The summed E-state index contributed by atoms with van der Waals surface area (Å²) in [6.45, 7) is 15.8. The zero-order valence-corrected chi connectivity index (χ0v) is 20.5. The van der Waals surface area contributed by atoms with E-state index in [1.54, 1.807) is 0 Å². The first-order valence-corrected chi connectivity index (χ1v) is 12.1. The number of unbranched alkanes of at least 4 members (excludes halogenated alkanes) is 3. The molecule has 1 aromatic carbocycles. The highest BCUT2D eigenvalue weighted by Gasteiger charge is 2.47. The van der Waals surface area contributed by atoms with Crippen LogP contribution in [0.4, 0.5) is 0 Å². The first-order valence-electron chi connectivity index (χ1n) is 12.1. The summed E-state index contributed by atoms with van der Waals surface area (Å²) < 4.78 is 17.2. The van der Waals surface area contributed by atoms with Gasteiger partial charge >= 0.3 is 0 Å². The number of rotatable bonds is 12. The number of hydrogen-bond acceptors (Lipinski definition) is 5. The summed E-state index contributed by atoms with van der Waals surface area (Å²) in [4.78, 5) is 6.58. The van der Waals surface area contributed by atoms with E-state index >= 15 is 0 Å². The van der Waals surface area contributed by atoms with Crippen LogP contribution in [0.1, 0.15) is 91.7 Å². The second-order valence-electron chi connectivity index (χ2n) is 10.5. The maximum Gasteiger partial charge on any atom is 0.119 e. The molecular formula is C26H43NO4. The van der Waals surface area contributed by atoms with Crippen molar-refractivity contribution in [1.29, 1.82) is 0 Å². The third-order valence-electron chi connectivity index (χ3n) is 6.36. The van der Waals surface area contributed by atoms with Crippen molar-refractivity contribution in [3.63, 3.8) is 0 Å². The molecule has 0 radical (unpaired) electrons. The van der Waals surface area contributed by atoms with Crippen LogP contribution < -0.4 is 4.74 Å². The molecule has 0 amide bonds. The Morgan fingerprint density at radius 2 is 1.68 bits per heavy atom. The van der Waals surface area contributed by atoms with E-state index < -0.39 is 0 Å². The largest absolute Gasteiger partial charge is 0.491 e. The summed E-state index contributed by atoms with van der Waals surface area (Å²) in [5, 5.41) is 2.22. The minimum Gasteiger partial charge on any atom is -0.491 e. The molecule has 2 aliphatic heterocycles. The van der Waals surface area contributed by atoms with E-state index in [0.717, 1.165) is 43.8 Å². The van der Waals surface area contributed by atoms with Crippen LogP contribution in [0.2, 0.25) is 0 Å². The quantitative estimate of drug-likeness (QED) is 0.295. The Labute approximate surface area is 189 Å². The van der Waals surface area contributed by atoms with Crippen LogP contribution in [0.5, 0.6) is 5.75 Å². The van der Waals surface area contributed by atoms with Crippen molar-refractivity contribution in [3.8, 4) is 5.75 Å². The lowest BCUT2D eigenvalue weighted by molar-refractivity contribution is -0.315. The van der Waals surface area contributed by atoms with Gasteiger partial charge in [0.15, 0.2) is 0 Å². The fourth-order valence-corrected chi connectivity index (χ4v) is 4.76. The maximum atomic E-state index is 6.58. The molecule has 0 aliphatic carbocycles. The van der Waals surface area contributed by atoms with Crippen molar-refractivity contribution in [2.75, 3.05) is 19.8 Å². The molecule has 3 rings (SSSR count). The van der Waals surface area contributed by atoms with Gasteiger partial charge in [-0.15, -0.1) is 0 Å². The molecule has 1 aromatic rings. The number of hydroxylamine groups is 2. The lowest BCUT2D eigenvalue weighted by atomic mass is 9.80. The van der Waals surface area contributed by atoms with Gasteiger partial charge in [-0.1, -0.05) is 38.3 Å². The second-order valence-corrected chi connectivity index (χ2v) is 10.5. The lowest BCUT2D eigenvalue weighted by Gasteiger charge is -2.54. The minimum absolute atomic E-state index is 0.0362. The van der Waals surface area contributed by atoms with Gasteiger partial charge < -0.3 is 14.2 Å². The molecule has 2 unspecified atom stereocenters. The summed E-state index contributed by atoms with van der Waals surface area (Å²) in [5.41, 5.74) is 0.949. The van der Waals surface area contributed by atoms with Gasteiger partial charge in [0, 0.05) is 17.7 Å². The monoisotopic (exact) mass is 433 g/mol. The third kappa shape index (κ3) is 7.18. The first kappa shape index (κ1) is 24.5. The number of epoxide rings is 1. The molecule has 176 valence electrons. The van der Waals surface area contributed by atoms with Crippen LogP contribution in [0, 0.1) is 0 Å². The van der Waals surface area contributed by atoms with Crippen molar-refractivity contribution >= 4 is 0 Å². The van der Waals surface area contributed by atoms with E-state index in [2.05, 4.69) is 58.7 Å². The molecule has 0 saturated carbocycles. The van der Waals surface area contributed by atoms with Crippen LogP contribution >= 0.6 is 0 Å². The Morgan fingerprint density at radius 3 is 2.26 bits per heavy atom. The average molecular weight is 434 g/mol. The van der Waals surface area contributed by atoms with E-state index in [0.29, 0.717) is 6.61 Å². The van der Waals surface area contributed by atoms with E-state index in [9.17, 15) is 0 Å².